The third kappa shape index (κ3) is 3.78. The summed E-state index contributed by atoms with van der Waals surface area (Å²) in [6.07, 6.45) is -5.07. The van der Waals surface area contributed by atoms with Crippen LogP contribution >= 0.6 is 0 Å². The van der Waals surface area contributed by atoms with E-state index >= 15 is 0 Å². The van der Waals surface area contributed by atoms with Gasteiger partial charge in [0.25, 0.3) is 0 Å². The Balaban J connectivity index is 3.00. The minimum atomic E-state index is -4.61. The maximum atomic E-state index is 12.8. The smallest absolute Gasteiger partial charge is 0.330 e. The van der Waals surface area contributed by atoms with Crippen LogP contribution < -0.4 is 5.73 Å². The molecule has 2 N–H and O–H groups in total. The van der Waals surface area contributed by atoms with Crippen molar-refractivity contribution in [2.75, 3.05) is 6.54 Å². The van der Waals surface area contributed by atoms with Crippen molar-refractivity contribution in [3.8, 4) is 0 Å². The maximum Gasteiger partial charge on any atom is 0.403 e. The number of hydrogen-bond donors (Lipinski definition) is 1. The van der Waals surface area contributed by atoms with Gasteiger partial charge in [-0.05, 0) is 31.2 Å². The lowest BCUT2D eigenvalue weighted by Gasteiger charge is -2.19. The molecule has 7 heteroatoms. The van der Waals surface area contributed by atoms with Crippen LogP contribution in [-0.4, -0.2) is 22.2 Å². The molecule has 0 bridgehead atoms. The lowest BCUT2D eigenvalue weighted by Crippen LogP contribution is -2.35. The highest BCUT2D eigenvalue weighted by Gasteiger charge is 2.43. The van der Waals surface area contributed by atoms with Gasteiger partial charge in [-0.2, -0.15) is 13.2 Å². The summed E-state index contributed by atoms with van der Waals surface area (Å²) < 4.78 is 62.3. The van der Waals surface area contributed by atoms with Crippen molar-refractivity contribution < 1.29 is 21.8 Å². The molecule has 0 spiro atoms. The van der Waals surface area contributed by atoms with E-state index in [0.29, 0.717) is 0 Å². The average molecular weight is 269 g/mol. The number of benzene rings is 1. The van der Waals surface area contributed by atoms with Crippen molar-refractivity contribution in [1.82, 2.24) is 0 Å². The molecule has 1 rings (SSSR count). The largest absolute Gasteiger partial charge is 0.403 e. The summed E-state index contributed by atoms with van der Waals surface area (Å²) in [5.41, 5.74) is 5.06. The molecule has 0 saturated heterocycles. The number of hydrogen-bond acceptors (Lipinski definition) is 2. The van der Waals surface area contributed by atoms with Gasteiger partial charge >= 0.3 is 6.18 Å². The molecule has 0 saturated carbocycles. The molecule has 1 aromatic carbocycles. The second-order valence-corrected chi connectivity index (χ2v) is 5.00. The van der Waals surface area contributed by atoms with Crippen molar-refractivity contribution >= 4 is 10.8 Å². The van der Waals surface area contributed by atoms with Crippen molar-refractivity contribution in [2.45, 2.75) is 22.7 Å². The Morgan fingerprint density at radius 3 is 2.47 bits per heavy atom. The Hall–Kier alpha value is -0.950. The third-order valence-electron chi connectivity index (χ3n) is 2.08. The van der Waals surface area contributed by atoms with Gasteiger partial charge in [0.15, 0.2) is 0 Å². The van der Waals surface area contributed by atoms with E-state index in [-0.39, 0.29) is 11.4 Å². The molecular formula is C10H11F4NOS. The van der Waals surface area contributed by atoms with Crippen LogP contribution in [0.3, 0.4) is 0 Å². The van der Waals surface area contributed by atoms with Gasteiger partial charge in [0.2, 0.25) is 0 Å². The van der Waals surface area contributed by atoms with Gasteiger partial charge in [0.05, 0.1) is 10.8 Å². The Morgan fingerprint density at radius 1 is 1.35 bits per heavy atom. The number of halogens is 4. The zero-order valence-corrected chi connectivity index (χ0v) is 9.52. The quantitative estimate of drug-likeness (QED) is 0.852. The molecule has 17 heavy (non-hydrogen) atoms. The van der Waals surface area contributed by atoms with Gasteiger partial charge in [0, 0.05) is 4.90 Å². The SMILES string of the molecule is NCCC(S(=O)c1cccc(F)c1)C(F)(F)F. The van der Waals surface area contributed by atoms with E-state index < -0.39 is 34.5 Å². The standard InChI is InChI=1S/C10H11F4NOS/c11-7-2-1-3-8(6-7)17(16)9(4-5-15)10(12,13)14/h1-3,6,9H,4-5,15H2. The van der Waals surface area contributed by atoms with Crippen LogP contribution in [0, 0.1) is 5.82 Å². The highest BCUT2D eigenvalue weighted by Crippen LogP contribution is 2.29. The predicted octanol–water partition coefficient (Wildman–Crippen LogP) is 2.21. The van der Waals surface area contributed by atoms with Gasteiger partial charge in [-0.25, -0.2) is 4.39 Å². The first-order chi connectivity index (χ1) is 7.86. The second-order valence-electron chi connectivity index (χ2n) is 3.36. The van der Waals surface area contributed by atoms with E-state index in [1.54, 1.807) is 0 Å². The van der Waals surface area contributed by atoms with Gasteiger partial charge in [-0.1, -0.05) is 6.07 Å². The molecule has 0 amide bonds. The maximum absolute atomic E-state index is 12.8. The van der Waals surface area contributed by atoms with Crippen LogP contribution in [0.15, 0.2) is 29.2 Å². The molecule has 2 atom stereocenters. The molecule has 0 aliphatic carbocycles. The lowest BCUT2D eigenvalue weighted by atomic mass is 10.3. The van der Waals surface area contributed by atoms with E-state index in [2.05, 4.69) is 0 Å². The molecule has 2 nitrogen and oxygen atoms in total. The highest BCUT2D eigenvalue weighted by molar-refractivity contribution is 7.85. The average Bonchev–Trinajstić information content (AvgIpc) is 2.23. The fraction of sp³-hybridized carbons (Fsp3) is 0.400. The van der Waals surface area contributed by atoms with Crippen molar-refractivity contribution in [2.24, 2.45) is 5.73 Å². The zero-order chi connectivity index (χ0) is 13.1. The summed E-state index contributed by atoms with van der Waals surface area (Å²) in [7, 11) is -2.35. The molecule has 2 unspecified atom stereocenters. The molecule has 1 aromatic rings. The number of alkyl halides is 3. The van der Waals surface area contributed by atoms with E-state index in [1.807, 2.05) is 0 Å². The molecule has 0 fully saturated rings. The topological polar surface area (TPSA) is 43.1 Å². The first kappa shape index (κ1) is 14.1. The Bertz CT molecular complexity index is 408. The highest BCUT2D eigenvalue weighted by atomic mass is 32.2. The van der Waals surface area contributed by atoms with Gasteiger partial charge in [-0.3, -0.25) is 4.21 Å². The lowest BCUT2D eigenvalue weighted by molar-refractivity contribution is -0.130. The van der Waals surface area contributed by atoms with E-state index in [0.717, 1.165) is 12.1 Å². The molecule has 0 aromatic heterocycles. The van der Waals surface area contributed by atoms with Gasteiger partial charge in [0.1, 0.15) is 11.1 Å². The first-order valence-electron chi connectivity index (χ1n) is 4.79. The van der Waals surface area contributed by atoms with Crippen LogP contribution in [0.1, 0.15) is 6.42 Å². The predicted molar refractivity (Wildman–Crippen MR) is 56.3 cm³/mol. The monoisotopic (exact) mass is 269 g/mol. The van der Waals surface area contributed by atoms with Gasteiger partial charge in [-0.15, -0.1) is 0 Å². The fourth-order valence-electron chi connectivity index (χ4n) is 1.30. The summed E-state index contributed by atoms with van der Waals surface area (Å²) in [5, 5.41) is -2.06. The fourth-order valence-corrected chi connectivity index (χ4v) is 2.66. The zero-order valence-electron chi connectivity index (χ0n) is 8.71. The number of nitrogens with two attached hydrogens (primary N) is 1. The van der Waals surface area contributed by atoms with E-state index in [9.17, 15) is 21.8 Å². The Morgan fingerprint density at radius 2 is 2.00 bits per heavy atom. The number of rotatable bonds is 4. The summed E-state index contributed by atoms with van der Waals surface area (Å²) >= 11 is 0. The van der Waals surface area contributed by atoms with Crippen molar-refractivity contribution in [1.29, 1.82) is 0 Å². The van der Waals surface area contributed by atoms with E-state index in [1.165, 1.54) is 12.1 Å². The Labute approximate surface area is 98.3 Å². The normalized spacial score (nSPS) is 15.6. The molecule has 0 radical (unpaired) electrons. The van der Waals surface area contributed by atoms with E-state index in [4.69, 9.17) is 5.73 Å². The van der Waals surface area contributed by atoms with Crippen molar-refractivity contribution in [3.05, 3.63) is 30.1 Å². The molecule has 0 aliphatic heterocycles. The second kappa shape index (κ2) is 5.59. The summed E-state index contributed by atoms with van der Waals surface area (Å²) in [4.78, 5) is -0.180. The molecule has 96 valence electrons. The van der Waals surface area contributed by atoms with Crippen LogP contribution in [0.2, 0.25) is 0 Å². The van der Waals surface area contributed by atoms with Crippen molar-refractivity contribution in [3.63, 3.8) is 0 Å². The summed E-state index contributed by atoms with van der Waals surface area (Å²) in [6, 6.07) is 4.34. The molecular weight excluding hydrogens is 258 g/mol. The van der Waals surface area contributed by atoms with Crippen LogP contribution in [0.25, 0.3) is 0 Å². The first-order valence-corrected chi connectivity index (χ1v) is 6.00. The van der Waals surface area contributed by atoms with Crippen LogP contribution in [-0.2, 0) is 10.8 Å². The molecule has 0 aliphatic rings. The Kier molecular flexibility index (Phi) is 4.64. The summed E-state index contributed by atoms with van der Waals surface area (Å²) in [5.74, 6) is -0.718. The van der Waals surface area contributed by atoms with Crippen LogP contribution in [0.5, 0.6) is 0 Å². The van der Waals surface area contributed by atoms with Crippen LogP contribution in [0.4, 0.5) is 17.6 Å². The van der Waals surface area contributed by atoms with Gasteiger partial charge < -0.3 is 5.73 Å². The third-order valence-corrected chi connectivity index (χ3v) is 3.82. The minimum Gasteiger partial charge on any atom is -0.330 e. The minimum absolute atomic E-state index is 0.180. The summed E-state index contributed by atoms with van der Waals surface area (Å²) in [6.45, 7) is -0.231. The molecule has 0 heterocycles.